The third kappa shape index (κ3) is 3.29. The zero-order chi connectivity index (χ0) is 14.7. The lowest BCUT2D eigenvalue weighted by molar-refractivity contribution is 0.537. The van der Waals surface area contributed by atoms with Gasteiger partial charge in [0.25, 0.3) is 0 Å². The van der Waals surface area contributed by atoms with Crippen molar-refractivity contribution in [1.29, 1.82) is 0 Å². The van der Waals surface area contributed by atoms with Gasteiger partial charge in [-0.15, -0.1) is 0 Å². The summed E-state index contributed by atoms with van der Waals surface area (Å²) in [4.78, 5) is 0. The number of rotatable bonds is 4. The van der Waals surface area contributed by atoms with Gasteiger partial charge in [-0.3, -0.25) is 0 Å². The Morgan fingerprint density at radius 1 is 1.20 bits per heavy atom. The molecular formula is C14H12BrClF2N2. The highest BCUT2D eigenvalue weighted by molar-refractivity contribution is 9.10. The molecule has 1 unspecified atom stereocenters. The Balaban J connectivity index is 2.31. The molecule has 2 aromatic rings. The second-order valence-corrected chi connectivity index (χ2v) is 5.46. The lowest BCUT2D eigenvalue weighted by Crippen LogP contribution is -2.23. The minimum atomic E-state index is -0.663. The Kier molecular flexibility index (Phi) is 4.96. The molecule has 2 rings (SSSR count). The molecule has 0 aliphatic heterocycles. The molecule has 0 bridgehead atoms. The van der Waals surface area contributed by atoms with Crippen LogP contribution in [0, 0.1) is 11.6 Å². The van der Waals surface area contributed by atoms with Crippen LogP contribution in [0.2, 0.25) is 5.02 Å². The fraction of sp³-hybridized carbons (Fsp3) is 0.143. The largest absolute Gasteiger partial charge is 0.377 e. The van der Waals surface area contributed by atoms with Crippen molar-refractivity contribution in [3.05, 3.63) is 63.1 Å². The monoisotopic (exact) mass is 360 g/mol. The number of halogens is 4. The zero-order valence-electron chi connectivity index (χ0n) is 10.3. The van der Waals surface area contributed by atoms with Crippen molar-refractivity contribution in [2.24, 2.45) is 5.73 Å². The Bertz CT molecular complexity index is 602. The van der Waals surface area contributed by atoms with Gasteiger partial charge in [0.2, 0.25) is 0 Å². The van der Waals surface area contributed by atoms with Gasteiger partial charge in [0.15, 0.2) is 0 Å². The first-order valence-electron chi connectivity index (χ1n) is 5.88. The maximum absolute atomic E-state index is 13.8. The molecule has 0 spiro atoms. The van der Waals surface area contributed by atoms with Crippen LogP contribution in [0.5, 0.6) is 0 Å². The van der Waals surface area contributed by atoms with Crippen molar-refractivity contribution in [3.63, 3.8) is 0 Å². The standard InChI is InChI=1S/C14H12BrClF2N2/c15-9-6-8(4-5-10(9)16)20-13(7-19)14-11(17)2-1-3-12(14)18/h1-6,13,20H,7,19H2. The lowest BCUT2D eigenvalue weighted by atomic mass is 10.1. The molecule has 0 aliphatic carbocycles. The summed E-state index contributed by atoms with van der Waals surface area (Å²) in [6, 6.07) is 8.20. The summed E-state index contributed by atoms with van der Waals surface area (Å²) in [5, 5.41) is 3.55. The van der Waals surface area contributed by atoms with Crippen LogP contribution in [0.15, 0.2) is 40.9 Å². The topological polar surface area (TPSA) is 38.0 Å². The van der Waals surface area contributed by atoms with Crippen molar-refractivity contribution in [2.75, 3.05) is 11.9 Å². The van der Waals surface area contributed by atoms with Crippen molar-refractivity contribution >= 4 is 33.2 Å². The van der Waals surface area contributed by atoms with E-state index in [9.17, 15) is 8.78 Å². The fourth-order valence-corrected chi connectivity index (χ4v) is 2.38. The lowest BCUT2D eigenvalue weighted by Gasteiger charge is -2.20. The quantitative estimate of drug-likeness (QED) is 0.842. The smallest absolute Gasteiger partial charge is 0.131 e. The third-order valence-electron chi connectivity index (χ3n) is 2.84. The molecule has 0 amide bonds. The molecule has 20 heavy (non-hydrogen) atoms. The average Bonchev–Trinajstić information content (AvgIpc) is 2.41. The number of hydrogen-bond donors (Lipinski definition) is 2. The van der Waals surface area contributed by atoms with Crippen molar-refractivity contribution in [1.82, 2.24) is 0 Å². The molecule has 0 saturated heterocycles. The van der Waals surface area contributed by atoms with Gasteiger partial charge in [-0.05, 0) is 46.3 Å². The molecule has 0 aliphatic rings. The molecule has 0 fully saturated rings. The molecule has 0 heterocycles. The third-order valence-corrected chi connectivity index (χ3v) is 4.06. The SMILES string of the molecule is NCC(Nc1ccc(Cl)c(Br)c1)c1c(F)cccc1F. The minimum absolute atomic E-state index is 0.0537. The van der Waals surface area contributed by atoms with Gasteiger partial charge in [-0.1, -0.05) is 17.7 Å². The molecule has 106 valence electrons. The molecule has 0 radical (unpaired) electrons. The van der Waals surface area contributed by atoms with Gasteiger partial charge in [0, 0.05) is 22.3 Å². The van der Waals surface area contributed by atoms with E-state index in [1.807, 2.05) is 0 Å². The Morgan fingerprint density at radius 2 is 1.85 bits per heavy atom. The van der Waals surface area contributed by atoms with E-state index >= 15 is 0 Å². The maximum Gasteiger partial charge on any atom is 0.131 e. The van der Waals surface area contributed by atoms with Crippen molar-refractivity contribution < 1.29 is 8.78 Å². The van der Waals surface area contributed by atoms with Crippen LogP contribution >= 0.6 is 27.5 Å². The highest BCUT2D eigenvalue weighted by atomic mass is 79.9. The summed E-state index contributed by atoms with van der Waals surface area (Å²) in [5.41, 5.74) is 6.22. The van der Waals surface area contributed by atoms with E-state index in [4.69, 9.17) is 17.3 Å². The first-order chi connectivity index (χ1) is 9.52. The number of nitrogens with one attached hydrogen (secondary N) is 1. The van der Waals surface area contributed by atoms with E-state index in [0.29, 0.717) is 15.2 Å². The van der Waals surface area contributed by atoms with E-state index < -0.39 is 17.7 Å². The normalized spacial score (nSPS) is 12.2. The van der Waals surface area contributed by atoms with Crippen LogP contribution < -0.4 is 11.1 Å². The van der Waals surface area contributed by atoms with E-state index in [1.165, 1.54) is 18.2 Å². The van der Waals surface area contributed by atoms with Gasteiger partial charge >= 0.3 is 0 Å². The molecular weight excluding hydrogens is 350 g/mol. The molecule has 3 N–H and O–H groups in total. The van der Waals surface area contributed by atoms with Gasteiger partial charge in [-0.25, -0.2) is 8.78 Å². The van der Waals surface area contributed by atoms with E-state index in [-0.39, 0.29) is 12.1 Å². The molecule has 2 nitrogen and oxygen atoms in total. The number of nitrogens with two attached hydrogens (primary N) is 1. The Hall–Kier alpha value is -1.17. The van der Waals surface area contributed by atoms with Crippen molar-refractivity contribution in [3.8, 4) is 0 Å². The second kappa shape index (κ2) is 6.52. The highest BCUT2D eigenvalue weighted by Crippen LogP contribution is 2.29. The summed E-state index contributed by atoms with van der Waals surface area (Å²) < 4.78 is 28.2. The van der Waals surface area contributed by atoms with Gasteiger partial charge < -0.3 is 11.1 Å². The predicted octanol–water partition coefficient (Wildman–Crippen LogP) is 4.49. The van der Waals surface area contributed by atoms with Crippen LogP contribution in [0.25, 0.3) is 0 Å². The predicted molar refractivity (Wildman–Crippen MR) is 80.9 cm³/mol. The van der Waals surface area contributed by atoms with Gasteiger partial charge in [0.05, 0.1) is 11.1 Å². The van der Waals surface area contributed by atoms with Crippen molar-refractivity contribution in [2.45, 2.75) is 6.04 Å². The summed E-state index contributed by atoms with van der Waals surface area (Å²) in [6.07, 6.45) is 0. The molecule has 0 saturated carbocycles. The summed E-state index contributed by atoms with van der Waals surface area (Å²) in [7, 11) is 0. The van der Waals surface area contributed by atoms with Crippen LogP contribution in [0.1, 0.15) is 11.6 Å². The van der Waals surface area contributed by atoms with E-state index in [1.54, 1.807) is 18.2 Å². The molecule has 1 atom stereocenters. The zero-order valence-corrected chi connectivity index (χ0v) is 12.7. The van der Waals surface area contributed by atoms with Crippen LogP contribution in [-0.2, 0) is 0 Å². The number of anilines is 1. The van der Waals surface area contributed by atoms with Crippen LogP contribution in [0.4, 0.5) is 14.5 Å². The fourth-order valence-electron chi connectivity index (χ4n) is 1.88. The molecule has 0 aromatic heterocycles. The van der Waals surface area contributed by atoms with Gasteiger partial charge in [0.1, 0.15) is 11.6 Å². The first kappa shape index (κ1) is 15.2. The van der Waals surface area contributed by atoms with E-state index in [0.717, 1.165) is 0 Å². The summed E-state index contributed by atoms with van der Waals surface area (Å²) >= 11 is 9.19. The molecule has 6 heteroatoms. The summed E-state index contributed by atoms with van der Waals surface area (Å²) in [5.74, 6) is -1.25. The van der Waals surface area contributed by atoms with Gasteiger partial charge in [-0.2, -0.15) is 0 Å². The second-order valence-electron chi connectivity index (χ2n) is 4.20. The summed E-state index contributed by atoms with van der Waals surface area (Å²) in [6.45, 7) is 0.0537. The Morgan fingerprint density at radius 3 is 2.40 bits per heavy atom. The molecule has 2 aromatic carbocycles. The van der Waals surface area contributed by atoms with Crippen LogP contribution in [-0.4, -0.2) is 6.54 Å². The highest BCUT2D eigenvalue weighted by Gasteiger charge is 2.18. The number of hydrogen-bond acceptors (Lipinski definition) is 2. The van der Waals surface area contributed by atoms with Crippen LogP contribution in [0.3, 0.4) is 0 Å². The first-order valence-corrected chi connectivity index (χ1v) is 7.05. The number of benzene rings is 2. The Labute approximate surface area is 129 Å². The van der Waals surface area contributed by atoms with E-state index in [2.05, 4.69) is 21.2 Å². The average molecular weight is 362 g/mol. The minimum Gasteiger partial charge on any atom is -0.377 e. The maximum atomic E-state index is 13.8.